The van der Waals surface area contributed by atoms with Crippen LogP contribution in [0.15, 0.2) is 29.3 Å². The number of nitrogens with zero attached hydrogens (tertiary/aromatic N) is 3. The summed E-state index contributed by atoms with van der Waals surface area (Å²) in [5, 5.41) is 0.349. The fourth-order valence-electron chi connectivity index (χ4n) is 3.05. The monoisotopic (exact) mass is 275 g/mol. The first-order chi connectivity index (χ1) is 9.47. The predicted molar refractivity (Wildman–Crippen MR) is 76.2 cm³/mol. The summed E-state index contributed by atoms with van der Waals surface area (Å²) in [5.74, 6) is -0.402. The van der Waals surface area contributed by atoms with Gasteiger partial charge in [-0.3, -0.25) is 9.36 Å². The van der Waals surface area contributed by atoms with Crippen molar-refractivity contribution in [2.45, 2.75) is 19.9 Å². The van der Waals surface area contributed by atoms with Gasteiger partial charge in [0.05, 0.1) is 17.2 Å². The summed E-state index contributed by atoms with van der Waals surface area (Å²) in [6.07, 6.45) is 2.63. The van der Waals surface area contributed by atoms with Gasteiger partial charge in [-0.1, -0.05) is 6.92 Å². The zero-order valence-corrected chi connectivity index (χ0v) is 11.8. The van der Waals surface area contributed by atoms with E-state index in [9.17, 15) is 9.18 Å². The van der Waals surface area contributed by atoms with E-state index in [-0.39, 0.29) is 11.0 Å². The number of hydrogen-bond donors (Lipinski definition) is 0. The van der Waals surface area contributed by atoms with Gasteiger partial charge in [-0.2, -0.15) is 0 Å². The van der Waals surface area contributed by atoms with E-state index in [1.807, 2.05) is 0 Å². The molecule has 1 atom stereocenters. The first kappa shape index (κ1) is 13.2. The standard InChI is InChI=1S/C15H18FN3O/c1-15(5-6-18(2)8-15)9-19-10-17-13-4-3-11(16)7-12(13)14(19)20/h3-4,7,10H,5-6,8-9H2,1-2H3. The molecule has 1 saturated heterocycles. The van der Waals surface area contributed by atoms with Crippen LogP contribution in [-0.4, -0.2) is 34.6 Å². The molecule has 0 spiro atoms. The van der Waals surface area contributed by atoms with Crippen LogP contribution in [0, 0.1) is 11.2 Å². The number of halogens is 1. The van der Waals surface area contributed by atoms with Crippen molar-refractivity contribution in [3.8, 4) is 0 Å². The number of fused-ring (bicyclic) bond motifs is 1. The van der Waals surface area contributed by atoms with Gasteiger partial charge in [0.1, 0.15) is 5.82 Å². The Bertz CT molecular complexity index is 712. The first-order valence-corrected chi connectivity index (χ1v) is 6.80. The lowest BCUT2D eigenvalue weighted by atomic mass is 9.90. The van der Waals surface area contributed by atoms with E-state index < -0.39 is 5.82 Å². The summed E-state index contributed by atoms with van der Waals surface area (Å²) >= 11 is 0. The predicted octanol–water partition coefficient (Wildman–Crippen LogP) is 1.88. The van der Waals surface area contributed by atoms with E-state index in [1.54, 1.807) is 17.0 Å². The zero-order chi connectivity index (χ0) is 14.3. The van der Waals surface area contributed by atoms with Crippen molar-refractivity contribution in [3.63, 3.8) is 0 Å². The minimum Gasteiger partial charge on any atom is -0.306 e. The van der Waals surface area contributed by atoms with Gasteiger partial charge < -0.3 is 4.90 Å². The van der Waals surface area contributed by atoms with Gasteiger partial charge in [0.2, 0.25) is 0 Å². The molecule has 0 radical (unpaired) electrons. The van der Waals surface area contributed by atoms with Crippen molar-refractivity contribution in [3.05, 3.63) is 40.7 Å². The van der Waals surface area contributed by atoms with Crippen LogP contribution in [0.1, 0.15) is 13.3 Å². The van der Waals surface area contributed by atoms with Crippen molar-refractivity contribution in [2.75, 3.05) is 20.1 Å². The lowest BCUT2D eigenvalue weighted by Gasteiger charge is -2.24. The van der Waals surface area contributed by atoms with Crippen molar-refractivity contribution >= 4 is 10.9 Å². The van der Waals surface area contributed by atoms with Crippen LogP contribution >= 0.6 is 0 Å². The Morgan fingerprint density at radius 1 is 1.45 bits per heavy atom. The fourth-order valence-corrected chi connectivity index (χ4v) is 3.05. The molecule has 1 aromatic heterocycles. The minimum atomic E-state index is -0.402. The van der Waals surface area contributed by atoms with Crippen LogP contribution in [0.25, 0.3) is 10.9 Å². The molecule has 0 amide bonds. The second-order valence-corrected chi connectivity index (χ2v) is 6.14. The Balaban J connectivity index is 2.00. The molecule has 2 heterocycles. The summed E-state index contributed by atoms with van der Waals surface area (Å²) < 4.78 is 14.9. The maximum absolute atomic E-state index is 13.3. The Kier molecular flexibility index (Phi) is 3.09. The van der Waals surface area contributed by atoms with Gasteiger partial charge in [0, 0.05) is 13.1 Å². The van der Waals surface area contributed by atoms with Crippen molar-refractivity contribution in [1.82, 2.24) is 14.5 Å². The van der Waals surface area contributed by atoms with Crippen LogP contribution in [0.3, 0.4) is 0 Å². The molecule has 1 unspecified atom stereocenters. The molecule has 106 valence electrons. The lowest BCUT2D eigenvalue weighted by Crippen LogP contribution is -2.32. The largest absolute Gasteiger partial charge is 0.306 e. The summed E-state index contributed by atoms with van der Waals surface area (Å²) in [6.45, 7) is 4.80. The van der Waals surface area contributed by atoms with Crippen LogP contribution in [0.5, 0.6) is 0 Å². The highest BCUT2D eigenvalue weighted by atomic mass is 19.1. The van der Waals surface area contributed by atoms with E-state index in [0.717, 1.165) is 19.5 Å². The topological polar surface area (TPSA) is 38.1 Å². The molecule has 0 bridgehead atoms. The molecule has 1 aromatic carbocycles. The maximum atomic E-state index is 13.3. The Morgan fingerprint density at radius 2 is 2.25 bits per heavy atom. The van der Waals surface area contributed by atoms with E-state index in [0.29, 0.717) is 17.4 Å². The highest BCUT2D eigenvalue weighted by Crippen LogP contribution is 2.30. The fraction of sp³-hybridized carbons (Fsp3) is 0.467. The maximum Gasteiger partial charge on any atom is 0.261 e. The van der Waals surface area contributed by atoms with E-state index in [4.69, 9.17) is 0 Å². The molecule has 1 aliphatic heterocycles. The van der Waals surface area contributed by atoms with Crippen molar-refractivity contribution in [1.29, 1.82) is 0 Å². The van der Waals surface area contributed by atoms with Crippen molar-refractivity contribution in [2.24, 2.45) is 5.41 Å². The van der Waals surface area contributed by atoms with Gasteiger partial charge in [-0.15, -0.1) is 0 Å². The highest BCUT2D eigenvalue weighted by molar-refractivity contribution is 5.77. The van der Waals surface area contributed by atoms with Crippen LogP contribution in [0.2, 0.25) is 0 Å². The average Bonchev–Trinajstić information content (AvgIpc) is 2.73. The van der Waals surface area contributed by atoms with E-state index in [1.165, 1.54) is 12.1 Å². The van der Waals surface area contributed by atoms with Gasteiger partial charge >= 0.3 is 0 Å². The molecule has 3 rings (SSSR count). The van der Waals surface area contributed by atoms with Crippen molar-refractivity contribution < 1.29 is 4.39 Å². The summed E-state index contributed by atoms with van der Waals surface area (Å²) in [5.41, 5.74) is 0.452. The third-order valence-electron chi connectivity index (χ3n) is 4.09. The first-order valence-electron chi connectivity index (χ1n) is 6.80. The van der Waals surface area contributed by atoms with Crippen LogP contribution in [0.4, 0.5) is 4.39 Å². The second kappa shape index (κ2) is 4.66. The van der Waals surface area contributed by atoms with Crippen LogP contribution < -0.4 is 5.56 Å². The summed E-state index contributed by atoms with van der Waals surface area (Å²) in [6, 6.07) is 4.14. The number of benzene rings is 1. The number of rotatable bonds is 2. The van der Waals surface area contributed by atoms with Gasteiger partial charge in [-0.05, 0) is 43.6 Å². The number of hydrogen-bond acceptors (Lipinski definition) is 3. The summed E-state index contributed by atoms with van der Waals surface area (Å²) in [7, 11) is 2.09. The minimum absolute atomic E-state index is 0.0707. The Hall–Kier alpha value is -1.75. The molecule has 5 heteroatoms. The normalized spacial score (nSPS) is 23.6. The molecule has 2 aromatic rings. The molecule has 0 aliphatic carbocycles. The number of likely N-dealkylation sites (tertiary alicyclic amines) is 1. The molecule has 1 aliphatic rings. The molecule has 20 heavy (non-hydrogen) atoms. The molecule has 0 N–H and O–H groups in total. The van der Waals surface area contributed by atoms with Gasteiger partial charge in [0.15, 0.2) is 0 Å². The molecular weight excluding hydrogens is 257 g/mol. The smallest absolute Gasteiger partial charge is 0.261 e. The Labute approximate surface area is 116 Å². The molecular formula is C15H18FN3O. The Morgan fingerprint density at radius 3 is 2.95 bits per heavy atom. The van der Waals surface area contributed by atoms with E-state index in [2.05, 4.69) is 23.9 Å². The lowest BCUT2D eigenvalue weighted by molar-refractivity contribution is 0.265. The van der Waals surface area contributed by atoms with E-state index >= 15 is 0 Å². The SMILES string of the molecule is CN1CCC(C)(Cn2cnc3ccc(F)cc3c2=O)C1. The second-order valence-electron chi connectivity index (χ2n) is 6.14. The zero-order valence-electron chi connectivity index (χ0n) is 11.8. The summed E-state index contributed by atoms with van der Waals surface area (Å²) in [4.78, 5) is 19.0. The quantitative estimate of drug-likeness (QED) is 0.840. The highest BCUT2D eigenvalue weighted by Gasteiger charge is 2.32. The third-order valence-corrected chi connectivity index (χ3v) is 4.09. The van der Waals surface area contributed by atoms with Gasteiger partial charge in [0.25, 0.3) is 5.56 Å². The number of aromatic nitrogens is 2. The average molecular weight is 275 g/mol. The van der Waals surface area contributed by atoms with Gasteiger partial charge in [-0.25, -0.2) is 9.37 Å². The molecule has 1 fully saturated rings. The molecule has 4 nitrogen and oxygen atoms in total. The van der Waals surface area contributed by atoms with Crippen LogP contribution in [-0.2, 0) is 6.54 Å². The third kappa shape index (κ3) is 2.33. The molecule has 0 saturated carbocycles.